The number of pyridine rings is 2. The molecule has 3 aromatic heterocycles. The van der Waals surface area contributed by atoms with Gasteiger partial charge in [0.05, 0.1) is 30.2 Å². The number of nitrogens with one attached hydrogen (secondary N) is 1. The van der Waals surface area contributed by atoms with E-state index in [9.17, 15) is 19.5 Å². The van der Waals surface area contributed by atoms with Gasteiger partial charge in [-0.15, -0.1) is 12.4 Å². The molecule has 13 heteroatoms. The molecule has 2 atom stereocenters. The number of benzene rings is 2. The molecule has 0 saturated heterocycles. The van der Waals surface area contributed by atoms with Crippen molar-refractivity contribution in [2.24, 2.45) is 11.7 Å². The number of rotatable bonds is 11. The number of anilines is 1. The summed E-state index contributed by atoms with van der Waals surface area (Å²) < 4.78 is 14.4. The average Bonchev–Trinajstić information content (AvgIpc) is 3.26. The first kappa shape index (κ1) is 32.7. The third kappa shape index (κ3) is 7.14. The molecular weight excluding hydrogens is 600 g/mol. The van der Waals surface area contributed by atoms with E-state index >= 15 is 0 Å². The highest BCUT2D eigenvalue weighted by atomic mass is 35.5. The van der Waals surface area contributed by atoms with E-state index in [1.807, 2.05) is 31.2 Å². The van der Waals surface area contributed by atoms with Crippen molar-refractivity contribution in [3.63, 3.8) is 0 Å². The Balaban J connectivity index is 0.00000461. The SMILES string of the molecule is COc1ccc2c(Oc3ccc(NC(=O)c4c(C)n(C[C@H](C)CC(N)C(=O)O)n(-c5ccccc5)c4=O)nc3)ccnc2c1.Cl. The standard InChI is InChI=1S/C32H32N6O6.ClH/c1-19(15-25(33)32(41)42)18-37-20(2)29(31(40)38(37)21-7-5-4-6-8-21)30(39)36-28-12-10-23(17-35-28)44-27-13-14-34-26-16-22(43-3)9-11-24(26)27;/h4-14,16-17,19,25H,15,18,33H2,1-3H3,(H,41,42)(H,35,36,39);1H/t19-,25?;/m1./s1. The number of aliphatic carboxylic acids is 1. The second-order valence-electron chi connectivity index (χ2n) is 10.4. The second kappa shape index (κ2) is 14.1. The highest BCUT2D eigenvalue weighted by Crippen LogP contribution is 2.31. The Morgan fingerprint density at radius 1 is 1.04 bits per heavy atom. The zero-order valence-electron chi connectivity index (χ0n) is 24.8. The van der Waals surface area contributed by atoms with Crippen molar-refractivity contribution < 1.29 is 24.2 Å². The third-order valence-electron chi connectivity index (χ3n) is 7.20. The number of ether oxygens (including phenoxy) is 2. The van der Waals surface area contributed by atoms with Crippen LogP contribution in [0.3, 0.4) is 0 Å². The van der Waals surface area contributed by atoms with Gasteiger partial charge in [-0.05, 0) is 61.7 Å². The van der Waals surface area contributed by atoms with E-state index in [1.165, 1.54) is 10.9 Å². The van der Waals surface area contributed by atoms with Crippen LogP contribution >= 0.6 is 12.4 Å². The Labute approximate surface area is 264 Å². The van der Waals surface area contributed by atoms with E-state index in [1.54, 1.807) is 67.4 Å². The van der Waals surface area contributed by atoms with Gasteiger partial charge in [0.2, 0.25) is 0 Å². The van der Waals surface area contributed by atoms with Gasteiger partial charge in [0.15, 0.2) is 0 Å². The van der Waals surface area contributed by atoms with Crippen molar-refractivity contribution in [2.45, 2.75) is 32.9 Å². The lowest BCUT2D eigenvalue weighted by Gasteiger charge is -2.19. The number of halogens is 1. The molecule has 0 saturated carbocycles. The maximum absolute atomic E-state index is 13.7. The number of hydrogen-bond donors (Lipinski definition) is 3. The van der Waals surface area contributed by atoms with Gasteiger partial charge in [-0.3, -0.25) is 24.0 Å². The molecule has 3 heterocycles. The fraction of sp³-hybridized carbons (Fsp3) is 0.219. The summed E-state index contributed by atoms with van der Waals surface area (Å²) >= 11 is 0. The van der Waals surface area contributed by atoms with E-state index in [2.05, 4.69) is 15.3 Å². The molecule has 0 aliphatic carbocycles. The minimum Gasteiger partial charge on any atom is -0.497 e. The number of nitrogens with two attached hydrogens (primary N) is 1. The quantitative estimate of drug-likeness (QED) is 0.185. The summed E-state index contributed by atoms with van der Waals surface area (Å²) in [6.07, 6.45) is 3.30. The number of nitrogens with zero attached hydrogens (tertiary/aromatic N) is 4. The Hall–Kier alpha value is -5.20. The number of para-hydroxylation sites is 1. The van der Waals surface area contributed by atoms with E-state index in [-0.39, 0.29) is 42.7 Å². The van der Waals surface area contributed by atoms with Crippen LogP contribution in [0.5, 0.6) is 17.2 Å². The molecule has 0 fully saturated rings. The van der Waals surface area contributed by atoms with Gasteiger partial charge in [-0.1, -0.05) is 25.1 Å². The zero-order valence-corrected chi connectivity index (χ0v) is 25.7. The molecule has 4 N–H and O–H groups in total. The Kier molecular flexibility index (Phi) is 10.2. The van der Waals surface area contributed by atoms with Crippen LogP contribution in [0.25, 0.3) is 16.6 Å². The number of carboxylic acid groups (broad SMARTS) is 1. The molecule has 0 aliphatic heterocycles. The summed E-state index contributed by atoms with van der Waals surface area (Å²) in [7, 11) is 1.59. The first-order valence-corrected chi connectivity index (χ1v) is 13.9. The largest absolute Gasteiger partial charge is 0.497 e. The third-order valence-corrected chi connectivity index (χ3v) is 7.20. The van der Waals surface area contributed by atoms with Crippen LogP contribution in [0.4, 0.5) is 5.82 Å². The van der Waals surface area contributed by atoms with E-state index < -0.39 is 23.5 Å². The fourth-order valence-electron chi connectivity index (χ4n) is 5.00. The number of hydrogen-bond acceptors (Lipinski definition) is 8. The molecule has 45 heavy (non-hydrogen) atoms. The van der Waals surface area contributed by atoms with Crippen LogP contribution < -0.4 is 26.1 Å². The molecule has 5 aromatic rings. The Morgan fingerprint density at radius 3 is 2.44 bits per heavy atom. The maximum Gasteiger partial charge on any atom is 0.320 e. The van der Waals surface area contributed by atoms with Crippen LogP contribution in [0.2, 0.25) is 0 Å². The van der Waals surface area contributed by atoms with Gasteiger partial charge in [0.1, 0.15) is 34.7 Å². The summed E-state index contributed by atoms with van der Waals surface area (Å²) in [5.41, 5.74) is 6.89. The number of carboxylic acids is 1. The second-order valence-corrected chi connectivity index (χ2v) is 10.4. The molecule has 0 radical (unpaired) electrons. The van der Waals surface area contributed by atoms with Crippen LogP contribution in [-0.2, 0) is 11.3 Å². The Bertz CT molecular complexity index is 1870. The highest BCUT2D eigenvalue weighted by Gasteiger charge is 2.26. The van der Waals surface area contributed by atoms with Gasteiger partial charge in [-0.2, -0.15) is 0 Å². The number of fused-ring (bicyclic) bond motifs is 1. The van der Waals surface area contributed by atoms with Crippen molar-refractivity contribution in [2.75, 3.05) is 12.4 Å². The van der Waals surface area contributed by atoms with Crippen molar-refractivity contribution in [1.29, 1.82) is 0 Å². The maximum atomic E-state index is 13.7. The van der Waals surface area contributed by atoms with Crippen LogP contribution in [-0.4, -0.2) is 49.5 Å². The lowest BCUT2D eigenvalue weighted by Crippen LogP contribution is -2.33. The van der Waals surface area contributed by atoms with Gasteiger partial charge >= 0.3 is 5.97 Å². The van der Waals surface area contributed by atoms with Crippen LogP contribution in [0.1, 0.15) is 29.4 Å². The minimum atomic E-state index is -1.10. The molecule has 0 bridgehead atoms. The average molecular weight is 633 g/mol. The molecular formula is C32H33ClN6O6. The zero-order chi connectivity index (χ0) is 31.4. The van der Waals surface area contributed by atoms with Crippen molar-refractivity contribution in [1.82, 2.24) is 19.3 Å². The molecule has 234 valence electrons. The monoisotopic (exact) mass is 632 g/mol. The van der Waals surface area contributed by atoms with Gasteiger partial charge in [0, 0.05) is 24.2 Å². The van der Waals surface area contributed by atoms with Crippen LogP contribution in [0, 0.1) is 12.8 Å². The lowest BCUT2D eigenvalue weighted by molar-refractivity contribution is -0.138. The summed E-state index contributed by atoms with van der Waals surface area (Å²) in [4.78, 5) is 47.1. The van der Waals surface area contributed by atoms with Crippen LogP contribution in [0.15, 0.2) is 83.9 Å². The predicted molar refractivity (Wildman–Crippen MR) is 172 cm³/mol. The topological polar surface area (TPSA) is 164 Å². The van der Waals surface area contributed by atoms with Crippen molar-refractivity contribution in [3.05, 3.63) is 101 Å². The normalized spacial score (nSPS) is 12.2. The van der Waals surface area contributed by atoms with Gasteiger partial charge in [0.25, 0.3) is 11.5 Å². The summed E-state index contributed by atoms with van der Waals surface area (Å²) in [5, 5.41) is 12.7. The number of methoxy groups -OCH3 is 1. The number of carbonyl (C=O) groups is 2. The Morgan fingerprint density at radius 2 is 1.78 bits per heavy atom. The smallest absolute Gasteiger partial charge is 0.320 e. The number of carbonyl (C=O) groups excluding carboxylic acids is 1. The summed E-state index contributed by atoms with van der Waals surface area (Å²) in [6, 6.07) is 18.3. The number of aromatic nitrogens is 4. The molecule has 5 rings (SSSR count). The highest BCUT2D eigenvalue weighted by molar-refractivity contribution is 6.04. The molecule has 12 nitrogen and oxygen atoms in total. The van der Waals surface area contributed by atoms with E-state index in [0.717, 1.165) is 5.39 Å². The first-order valence-electron chi connectivity index (χ1n) is 13.9. The molecule has 1 amide bonds. The molecule has 0 spiro atoms. The first-order chi connectivity index (χ1) is 21.2. The van der Waals surface area contributed by atoms with Gasteiger partial charge in [-0.25, -0.2) is 9.67 Å². The van der Waals surface area contributed by atoms with Crippen molar-refractivity contribution in [3.8, 4) is 22.9 Å². The number of amides is 1. The van der Waals surface area contributed by atoms with Crippen molar-refractivity contribution >= 4 is 41.0 Å². The lowest BCUT2D eigenvalue weighted by atomic mass is 10.0. The predicted octanol–water partition coefficient (Wildman–Crippen LogP) is 4.80. The van der Waals surface area contributed by atoms with E-state index in [4.69, 9.17) is 15.2 Å². The molecule has 1 unspecified atom stereocenters. The molecule has 2 aromatic carbocycles. The van der Waals surface area contributed by atoms with E-state index in [0.29, 0.717) is 34.1 Å². The van der Waals surface area contributed by atoms with Gasteiger partial charge < -0.3 is 25.6 Å². The fourth-order valence-corrected chi connectivity index (χ4v) is 5.00. The minimum absolute atomic E-state index is 0. The summed E-state index contributed by atoms with van der Waals surface area (Å²) in [6.45, 7) is 3.80. The molecule has 0 aliphatic rings. The summed E-state index contributed by atoms with van der Waals surface area (Å²) in [5.74, 6) is 0.00152.